The van der Waals surface area contributed by atoms with Gasteiger partial charge in [0.25, 0.3) is 5.91 Å². The van der Waals surface area contributed by atoms with Crippen LogP contribution in [-0.4, -0.2) is 27.3 Å². The molecule has 6 heteroatoms. The molecule has 0 saturated heterocycles. The number of phenolic OH excluding ortho intramolecular Hbond substituents is 2. The van der Waals surface area contributed by atoms with Crippen molar-refractivity contribution in [1.29, 1.82) is 0 Å². The van der Waals surface area contributed by atoms with Gasteiger partial charge in [0.15, 0.2) is 0 Å². The standard InChI is InChI=1S/C13H11N3O3/c17-10-3-4-11(12(18)6-10)13(19)16-15-8-9-2-1-5-14-7-9/h1-8,17-18H,(H,16,19). The molecule has 0 bridgehead atoms. The van der Waals surface area contributed by atoms with Crippen LogP contribution in [-0.2, 0) is 0 Å². The topological polar surface area (TPSA) is 94.8 Å². The summed E-state index contributed by atoms with van der Waals surface area (Å²) < 4.78 is 0. The van der Waals surface area contributed by atoms with E-state index in [-0.39, 0.29) is 17.1 Å². The lowest BCUT2D eigenvalue weighted by molar-refractivity contribution is 0.0952. The fourth-order valence-corrected chi connectivity index (χ4v) is 1.39. The van der Waals surface area contributed by atoms with Crippen LogP contribution in [0.15, 0.2) is 47.8 Å². The minimum Gasteiger partial charge on any atom is -0.508 e. The molecule has 1 amide bonds. The molecular formula is C13H11N3O3. The molecule has 1 aromatic carbocycles. The molecule has 0 aliphatic heterocycles. The van der Waals surface area contributed by atoms with Crippen LogP contribution in [0.25, 0.3) is 0 Å². The highest BCUT2D eigenvalue weighted by atomic mass is 16.3. The van der Waals surface area contributed by atoms with Crippen molar-refractivity contribution >= 4 is 12.1 Å². The van der Waals surface area contributed by atoms with Gasteiger partial charge in [-0.1, -0.05) is 6.07 Å². The number of rotatable bonds is 3. The zero-order chi connectivity index (χ0) is 13.7. The summed E-state index contributed by atoms with van der Waals surface area (Å²) in [6.07, 6.45) is 4.65. The summed E-state index contributed by atoms with van der Waals surface area (Å²) in [6.45, 7) is 0. The van der Waals surface area contributed by atoms with E-state index in [0.29, 0.717) is 0 Å². The number of nitrogens with one attached hydrogen (secondary N) is 1. The summed E-state index contributed by atoms with van der Waals surface area (Å²) in [4.78, 5) is 15.6. The number of aromatic nitrogens is 1. The summed E-state index contributed by atoms with van der Waals surface area (Å²) in [5.74, 6) is -1.00. The zero-order valence-corrected chi connectivity index (χ0v) is 9.82. The van der Waals surface area contributed by atoms with E-state index in [1.54, 1.807) is 24.5 Å². The van der Waals surface area contributed by atoms with Crippen LogP contribution in [0.4, 0.5) is 0 Å². The second-order valence-electron chi connectivity index (χ2n) is 3.69. The third-order valence-corrected chi connectivity index (χ3v) is 2.29. The molecule has 2 aromatic rings. The molecule has 0 aliphatic rings. The number of carbonyl (C=O) groups excluding carboxylic acids is 1. The summed E-state index contributed by atoms with van der Waals surface area (Å²) in [5, 5.41) is 22.4. The lowest BCUT2D eigenvalue weighted by Gasteiger charge is -2.03. The third-order valence-electron chi connectivity index (χ3n) is 2.29. The average Bonchev–Trinajstić information content (AvgIpc) is 2.39. The number of hydrogen-bond donors (Lipinski definition) is 3. The van der Waals surface area contributed by atoms with Crippen molar-refractivity contribution in [3.63, 3.8) is 0 Å². The molecule has 0 saturated carbocycles. The second kappa shape index (κ2) is 5.63. The Morgan fingerprint density at radius 3 is 2.84 bits per heavy atom. The largest absolute Gasteiger partial charge is 0.508 e. The molecule has 96 valence electrons. The smallest absolute Gasteiger partial charge is 0.275 e. The van der Waals surface area contributed by atoms with Crippen LogP contribution >= 0.6 is 0 Å². The normalized spacial score (nSPS) is 10.5. The van der Waals surface area contributed by atoms with E-state index in [1.165, 1.54) is 18.3 Å². The predicted molar refractivity (Wildman–Crippen MR) is 69.1 cm³/mol. The van der Waals surface area contributed by atoms with Gasteiger partial charge in [-0.25, -0.2) is 5.43 Å². The third kappa shape index (κ3) is 3.29. The number of aromatic hydroxyl groups is 2. The molecule has 0 spiro atoms. The van der Waals surface area contributed by atoms with Crippen molar-refractivity contribution in [2.75, 3.05) is 0 Å². The molecule has 0 radical (unpaired) electrons. The first-order valence-corrected chi connectivity index (χ1v) is 5.42. The highest BCUT2D eigenvalue weighted by molar-refractivity contribution is 5.97. The fraction of sp³-hybridized carbons (Fsp3) is 0. The number of pyridine rings is 1. The van der Waals surface area contributed by atoms with Crippen LogP contribution in [0.5, 0.6) is 11.5 Å². The lowest BCUT2D eigenvalue weighted by Crippen LogP contribution is -2.17. The highest BCUT2D eigenvalue weighted by Gasteiger charge is 2.10. The molecule has 1 aromatic heterocycles. The number of hydrogen-bond acceptors (Lipinski definition) is 5. The number of hydrazone groups is 1. The van der Waals surface area contributed by atoms with Crippen LogP contribution < -0.4 is 5.43 Å². The Bertz CT molecular complexity index is 612. The predicted octanol–water partition coefficient (Wildman–Crippen LogP) is 1.26. The molecule has 3 N–H and O–H groups in total. The summed E-state index contributed by atoms with van der Waals surface area (Å²) >= 11 is 0. The van der Waals surface area contributed by atoms with Gasteiger partial charge >= 0.3 is 0 Å². The first-order valence-electron chi connectivity index (χ1n) is 5.42. The minimum absolute atomic E-state index is 0.0288. The van der Waals surface area contributed by atoms with Crippen molar-refractivity contribution < 1.29 is 15.0 Å². The Morgan fingerprint density at radius 2 is 2.16 bits per heavy atom. The second-order valence-corrected chi connectivity index (χ2v) is 3.69. The van der Waals surface area contributed by atoms with E-state index in [4.69, 9.17) is 5.11 Å². The van der Waals surface area contributed by atoms with Crippen LogP contribution in [0.2, 0.25) is 0 Å². The van der Waals surface area contributed by atoms with E-state index in [2.05, 4.69) is 15.5 Å². The maximum Gasteiger partial charge on any atom is 0.275 e. The Balaban J connectivity index is 2.04. The molecule has 6 nitrogen and oxygen atoms in total. The first-order chi connectivity index (χ1) is 9.16. The van der Waals surface area contributed by atoms with Gasteiger partial charge in [-0.15, -0.1) is 0 Å². The van der Waals surface area contributed by atoms with Crippen molar-refractivity contribution in [1.82, 2.24) is 10.4 Å². The lowest BCUT2D eigenvalue weighted by atomic mass is 10.2. The summed E-state index contributed by atoms with van der Waals surface area (Å²) in [5.41, 5.74) is 3.03. The molecule has 0 unspecified atom stereocenters. The first kappa shape index (κ1) is 12.6. The van der Waals surface area contributed by atoms with Crippen LogP contribution in [0.1, 0.15) is 15.9 Å². The Morgan fingerprint density at radius 1 is 1.32 bits per heavy atom. The number of phenols is 2. The van der Waals surface area contributed by atoms with Crippen molar-refractivity contribution in [2.24, 2.45) is 5.10 Å². The van der Waals surface area contributed by atoms with Gasteiger partial charge < -0.3 is 10.2 Å². The quantitative estimate of drug-likeness (QED) is 0.569. The van der Waals surface area contributed by atoms with E-state index in [9.17, 15) is 9.90 Å². The van der Waals surface area contributed by atoms with Gasteiger partial charge in [0, 0.05) is 24.0 Å². The van der Waals surface area contributed by atoms with E-state index in [0.717, 1.165) is 11.6 Å². The van der Waals surface area contributed by atoms with Gasteiger partial charge in [0.1, 0.15) is 11.5 Å². The van der Waals surface area contributed by atoms with Gasteiger partial charge in [0.2, 0.25) is 0 Å². The average molecular weight is 257 g/mol. The van der Waals surface area contributed by atoms with E-state index >= 15 is 0 Å². The number of carbonyl (C=O) groups is 1. The Kier molecular flexibility index (Phi) is 3.72. The molecule has 2 rings (SSSR count). The zero-order valence-electron chi connectivity index (χ0n) is 9.82. The van der Waals surface area contributed by atoms with Crippen molar-refractivity contribution in [3.8, 4) is 11.5 Å². The SMILES string of the molecule is O=C(NN=Cc1cccnc1)c1ccc(O)cc1O. The molecule has 0 fully saturated rings. The van der Waals surface area contributed by atoms with Crippen molar-refractivity contribution in [3.05, 3.63) is 53.9 Å². The maximum absolute atomic E-state index is 11.7. The molecule has 1 heterocycles. The monoisotopic (exact) mass is 257 g/mol. The van der Waals surface area contributed by atoms with Gasteiger partial charge in [-0.2, -0.15) is 5.10 Å². The Labute approximate surface area is 109 Å². The van der Waals surface area contributed by atoms with E-state index in [1.807, 2.05) is 0 Å². The summed E-state index contributed by atoms with van der Waals surface area (Å²) in [6, 6.07) is 7.22. The number of nitrogens with zero attached hydrogens (tertiary/aromatic N) is 2. The van der Waals surface area contributed by atoms with Gasteiger partial charge in [-0.05, 0) is 18.2 Å². The number of benzene rings is 1. The summed E-state index contributed by atoms with van der Waals surface area (Å²) in [7, 11) is 0. The van der Waals surface area contributed by atoms with E-state index < -0.39 is 5.91 Å². The molecule has 0 atom stereocenters. The maximum atomic E-state index is 11.7. The molecular weight excluding hydrogens is 246 g/mol. The fourth-order valence-electron chi connectivity index (χ4n) is 1.39. The Hall–Kier alpha value is -2.89. The van der Waals surface area contributed by atoms with Gasteiger partial charge in [0.05, 0.1) is 11.8 Å². The van der Waals surface area contributed by atoms with Crippen LogP contribution in [0.3, 0.4) is 0 Å². The highest BCUT2D eigenvalue weighted by Crippen LogP contribution is 2.22. The molecule has 19 heavy (non-hydrogen) atoms. The number of amides is 1. The van der Waals surface area contributed by atoms with Crippen molar-refractivity contribution in [2.45, 2.75) is 0 Å². The van der Waals surface area contributed by atoms with Gasteiger partial charge in [-0.3, -0.25) is 9.78 Å². The minimum atomic E-state index is -0.572. The molecule has 0 aliphatic carbocycles. The van der Waals surface area contributed by atoms with Crippen LogP contribution in [0, 0.1) is 0 Å².